The topological polar surface area (TPSA) is 88.1 Å². The van der Waals surface area contributed by atoms with Crippen LogP contribution in [0.5, 0.6) is 0 Å². The highest BCUT2D eigenvalue weighted by Gasteiger charge is 2.18. The molecule has 8 nitrogen and oxygen atoms in total. The number of aromatic nitrogens is 4. The second-order valence-electron chi connectivity index (χ2n) is 9.10. The number of hydrogen-bond acceptors (Lipinski definition) is 8. The van der Waals surface area contributed by atoms with Crippen molar-refractivity contribution in [3.8, 4) is 5.82 Å². The number of fused-ring (bicyclic) bond motifs is 1. The summed E-state index contributed by atoms with van der Waals surface area (Å²) >= 11 is 1.99. The first-order valence-electron chi connectivity index (χ1n) is 12.1. The van der Waals surface area contributed by atoms with Crippen molar-refractivity contribution in [2.75, 3.05) is 55.4 Å². The number of thioether (sulfide) groups is 1. The third kappa shape index (κ3) is 5.71. The molecule has 188 valence electrons. The lowest BCUT2D eigenvalue weighted by molar-refractivity contribution is 0.313. The molecule has 0 bridgehead atoms. The van der Waals surface area contributed by atoms with Crippen LogP contribution < -0.4 is 16.0 Å². The van der Waals surface area contributed by atoms with Crippen molar-refractivity contribution in [1.82, 2.24) is 24.4 Å². The number of rotatable bonds is 5. The van der Waals surface area contributed by atoms with Crippen LogP contribution in [0.15, 0.2) is 54.9 Å². The molecular weight excluding hydrogens is 475 g/mol. The summed E-state index contributed by atoms with van der Waals surface area (Å²) in [6.45, 7) is 4.16. The number of hydrogen-bond donors (Lipinski definition) is 2. The normalized spacial score (nSPS) is 16.0. The molecule has 4 heterocycles. The van der Waals surface area contributed by atoms with E-state index in [1.54, 1.807) is 22.8 Å². The number of likely N-dealkylation sites (N-methyl/N-ethyl adjacent to an activating group) is 1. The fourth-order valence-electron chi connectivity index (χ4n) is 4.03. The minimum absolute atomic E-state index is 0.320. The number of nitrogens with one attached hydrogen (secondary N) is 1. The molecule has 36 heavy (non-hydrogen) atoms. The van der Waals surface area contributed by atoms with Gasteiger partial charge in [-0.15, -0.1) is 0 Å². The Morgan fingerprint density at radius 1 is 1.03 bits per heavy atom. The van der Waals surface area contributed by atoms with Crippen LogP contribution in [0, 0.1) is 5.82 Å². The molecule has 1 aliphatic carbocycles. The van der Waals surface area contributed by atoms with E-state index in [0.717, 1.165) is 37.1 Å². The average molecular weight is 507 g/mol. The highest BCUT2D eigenvalue weighted by molar-refractivity contribution is 7.99. The smallest absolute Gasteiger partial charge is 0.229 e. The molecule has 4 aromatic rings. The van der Waals surface area contributed by atoms with E-state index in [1.165, 1.54) is 30.9 Å². The maximum Gasteiger partial charge on any atom is 0.229 e. The van der Waals surface area contributed by atoms with E-state index < -0.39 is 5.82 Å². The lowest BCUT2D eigenvalue weighted by atomic mass is 10.2. The van der Waals surface area contributed by atoms with Gasteiger partial charge in [-0.3, -0.25) is 4.57 Å². The molecule has 1 aliphatic heterocycles. The van der Waals surface area contributed by atoms with Crippen LogP contribution in [0.25, 0.3) is 16.9 Å². The Labute approximate surface area is 214 Å². The monoisotopic (exact) mass is 506 g/mol. The van der Waals surface area contributed by atoms with Gasteiger partial charge in [0.25, 0.3) is 0 Å². The van der Waals surface area contributed by atoms with Gasteiger partial charge in [-0.1, -0.05) is 6.07 Å². The van der Waals surface area contributed by atoms with Gasteiger partial charge < -0.3 is 20.9 Å². The van der Waals surface area contributed by atoms with Gasteiger partial charge >= 0.3 is 0 Å². The summed E-state index contributed by atoms with van der Waals surface area (Å²) in [4.78, 5) is 17.8. The molecule has 0 spiro atoms. The maximum atomic E-state index is 14.4. The molecule has 0 amide bonds. The summed E-state index contributed by atoms with van der Waals surface area (Å²) in [6, 6.07) is 13.4. The molecule has 1 saturated heterocycles. The van der Waals surface area contributed by atoms with Gasteiger partial charge in [-0.25, -0.2) is 14.4 Å². The van der Waals surface area contributed by atoms with Crippen LogP contribution in [0.4, 0.5) is 27.5 Å². The number of nitrogen functional groups attached to an aromatic ring is 1. The standard InChI is InChI=1S/C22H23FN8.C4H8S/c1-29-9-11-30(12-10-29)16-7-5-15(6-8-16)26-22-25-13-17-18(23)14-31(21(17)28-22)20-4-2-3-19(24)27-20;1-5-4-2-3-4/h2-8,13-14H,9-12H2,1H3,(H2,24,27)(H,25,26,28);4H,2-3H2,1H3. The molecule has 1 aromatic carbocycles. The molecule has 2 fully saturated rings. The summed E-state index contributed by atoms with van der Waals surface area (Å²) in [6.07, 6.45) is 7.94. The highest BCUT2D eigenvalue weighted by atomic mass is 32.2. The fourth-order valence-corrected chi connectivity index (χ4v) is 4.64. The SMILES string of the molecule is CN1CCN(c2ccc(Nc3ncc4c(F)cn(-c5cccc(N)n5)c4n3)cc2)CC1.CSC1CC1. The second kappa shape index (κ2) is 10.7. The maximum absolute atomic E-state index is 14.4. The minimum Gasteiger partial charge on any atom is -0.384 e. The van der Waals surface area contributed by atoms with Gasteiger partial charge in [0.05, 0.1) is 5.39 Å². The van der Waals surface area contributed by atoms with Crippen molar-refractivity contribution in [1.29, 1.82) is 0 Å². The molecule has 6 rings (SSSR count). The van der Waals surface area contributed by atoms with Crippen molar-refractivity contribution in [3.05, 3.63) is 60.7 Å². The molecule has 0 unspecified atom stereocenters. The van der Waals surface area contributed by atoms with E-state index in [-0.39, 0.29) is 0 Å². The predicted octanol–water partition coefficient (Wildman–Crippen LogP) is 4.54. The number of anilines is 4. The zero-order chi connectivity index (χ0) is 25.1. The number of halogens is 1. The summed E-state index contributed by atoms with van der Waals surface area (Å²) in [5, 5.41) is 4.57. The van der Waals surface area contributed by atoms with E-state index in [0.29, 0.717) is 28.6 Å². The molecular formula is C26H31FN8S. The Hall–Kier alpha value is -3.37. The van der Waals surface area contributed by atoms with E-state index >= 15 is 0 Å². The first-order chi connectivity index (χ1) is 17.5. The lowest BCUT2D eigenvalue weighted by Gasteiger charge is -2.34. The van der Waals surface area contributed by atoms with Crippen LogP contribution in [0.2, 0.25) is 0 Å². The number of pyridine rings is 1. The largest absolute Gasteiger partial charge is 0.384 e. The molecule has 10 heteroatoms. The summed E-state index contributed by atoms with van der Waals surface area (Å²) in [5.41, 5.74) is 8.25. The van der Waals surface area contributed by atoms with Crippen LogP contribution in [-0.2, 0) is 0 Å². The van der Waals surface area contributed by atoms with Crippen molar-refractivity contribution >= 4 is 45.9 Å². The van der Waals surface area contributed by atoms with Gasteiger partial charge in [-0.05, 0) is 62.5 Å². The van der Waals surface area contributed by atoms with E-state index in [2.05, 4.69) is 55.5 Å². The minimum atomic E-state index is -0.415. The number of nitrogens with zero attached hydrogens (tertiary/aromatic N) is 6. The zero-order valence-corrected chi connectivity index (χ0v) is 21.4. The first kappa shape index (κ1) is 24.3. The third-order valence-electron chi connectivity index (χ3n) is 6.35. The zero-order valence-electron chi connectivity index (χ0n) is 20.6. The van der Waals surface area contributed by atoms with Gasteiger partial charge in [0.15, 0.2) is 11.5 Å². The Bertz CT molecular complexity index is 1310. The Kier molecular flexibility index (Phi) is 7.24. The Morgan fingerprint density at radius 2 is 1.78 bits per heavy atom. The number of nitrogens with two attached hydrogens (primary N) is 1. The molecule has 1 saturated carbocycles. The third-order valence-corrected chi connectivity index (χ3v) is 7.49. The van der Waals surface area contributed by atoms with Crippen LogP contribution in [0.3, 0.4) is 0 Å². The average Bonchev–Trinajstić information content (AvgIpc) is 3.68. The molecule has 3 N–H and O–H groups in total. The molecule has 3 aromatic heterocycles. The van der Waals surface area contributed by atoms with E-state index in [1.807, 2.05) is 23.9 Å². The lowest BCUT2D eigenvalue weighted by Crippen LogP contribution is -2.44. The number of piperazine rings is 1. The van der Waals surface area contributed by atoms with Gasteiger partial charge in [-0.2, -0.15) is 16.7 Å². The molecule has 0 radical (unpaired) electrons. The van der Waals surface area contributed by atoms with Gasteiger partial charge in [0, 0.05) is 55.2 Å². The van der Waals surface area contributed by atoms with Crippen molar-refractivity contribution in [2.45, 2.75) is 18.1 Å². The molecule has 0 atom stereocenters. The van der Waals surface area contributed by atoms with E-state index in [4.69, 9.17) is 5.73 Å². The van der Waals surface area contributed by atoms with Crippen molar-refractivity contribution < 1.29 is 4.39 Å². The van der Waals surface area contributed by atoms with Crippen molar-refractivity contribution in [2.24, 2.45) is 0 Å². The Morgan fingerprint density at radius 3 is 2.42 bits per heavy atom. The fraction of sp³-hybridized carbons (Fsp3) is 0.346. The summed E-state index contributed by atoms with van der Waals surface area (Å²) in [5.74, 6) is 0.813. The first-order valence-corrected chi connectivity index (χ1v) is 13.4. The van der Waals surface area contributed by atoms with Gasteiger partial charge in [0.2, 0.25) is 5.95 Å². The van der Waals surface area contributed by atoms with Crippen LogP contribution in [0.1, 0.15) is 12.8 Å². The quantitative estimate of drug-likeness (QED) is 0.408. The summed E-state index contributed by atoms with van der Waals surface area (Å²) in [7, 11) is 2.15. The predicted molar refractivity (Wildman–Crippen MR) is 147 cm³/mol. The Balaban J connectivity index is 0.000000477. The summed E-state index contributed by atoms with van der Waals surface area (Å²) < 4.78 is 16.0. The number of benzene rings is 1. The van der Waals surface area contributed by atoms with E-state index in [9.17, 15) is 4.39 Å². The van der Waals surface area contributed by atoms with Crippen LogP contribution >= 0.6 is 11.8 Å². The second-order valence-corrected chi connectivity index (χ2v) is 10.2. The van der Waals surface area contributed by atoms with Crippen LogP contribution in [-0.4, -0.2) is 69.2 Å². The highest BCUT2D eigenvalue weighted by Crippen LogP contribution is 2.31. The van der Waals surface area contributed by atoms with Gasteiger partial charge in [0.1, 0.15) is 11.6 Å². The molecule has 2 aliphatic rings. The van der Waals surface area contributed by atoms with Crippen molar-refractivity contribution in [3.63, 3.8) is 0 Å².